The maximum Gasteiger partial charge on any atom is 0.253 e. The van der Waals surface area contributed by atoms with Gasteiger partial charge in [0.1, 0.15) is 0 Å². The molecule has 0 saturated heterocycles. The second-order valence-corrected chi connectivity index (χ2v) is 3.75. The minimum absolute atomic E-state index is 0.205. The van der Waals surface area contributed by atoms with Gasteiger partial charge in [-0.2, -0.15) is 0 Å². The Morgan fingerprint density at radius 3 is 2.62 bits per heavy atom. The minimum Gasteiger partial charge on any atom is -0.323 e. The van der Waals surface area contributed by atoms with Crippen LogP contribution in [-0.4, -0.2) is 12.5 Å². The zero-order valence-electron chi connectivity index (χ0n) is 6.88. The van der Waals surface area contributed by atoms with Gasteiger partial charge in [-0.1, -0.05) is 28.1 Å². The summed E-state index contributed by atoms with van der Waals surface area (Å²) in [6, 6.07) is 6.15. The normalized spacial score (nSPS) is 13.3. The van der Waals surface area contributed by atoms with E-state index in [4.69, 9.17) is 5.73 Å². The van der Waals surface area contributed by atoms with Gasteiger partial charge in [0.05, 0.1) is 6.04 Å². The van der Waals surface area contributed by atoms with E-state index < -0.39 is 12.5 Å². The lowest BCUT2D eigenvalue weighted by atomic mass is 10.1. The Bertz CT molecular complexity index is 278. The van der Waals surface area contributed by atoms with E-state index in [0.717, 1.165) is 10.0 Å². The number of nitrogens with two attached hydrogens (primary N) is 1. The molecule has 0 radical (unpaired) electrons. The van der Waals surface area contributed by atoms with Gasteiger partial charge in [0.15, 0.2) is 0 Å². The molecular formula is C9H10BrF2N. The monoisotopic (exact) mass is 249 g/mol. The van der Waals surface area contributed by atoms with Gasteiger partial charge in [-0.25, -0.2) is 8.78 Å². The van der Waals surface area contributed by atoms with Crippen LogP contribution in [0.3, 0.4) is 0 Å². The van der Waals surface area contributed by atoms with Crippen LogP contribution >= 0.6 is 15.9 Å². The molecule has 0 heterocycles. The average Bonchev–Trinajstić information content (AvgIpc) is 2.04. The molecule has 0 saturated carbocycles. The predicted octanol–water partition coefficient (Wildman–Crippen LogP) is 2.58. The van der Waals surface area contributed by atoms with Crippen molar-refractivity contribution in [2.75, 3.05) is 0 Å². The zero-order valence-corrected chi connectivity index (χ0v) is 8.47. The molecule has 0 amide bonds. The summed E-state index contributed by atoms with van der Waals surface area (Å²) in [6.45, 7) is 0. The summed E-state index contributed by atoms with van der Waals surface area (Å²) < 4.78 is 25.0. The summed E-state index contributed by atoms with van der Waals surface area (Å²) in [5.41, 5.74) is 6.05. The molecular weight excluding hydrogens is 240 g/mol. The Balaban J connectivity index is 2.64. The minimum atomic E-state index is -2.46. The smallest absolute Gasteiger partial charge is 0.253 e. The third-order valence-corrected chi connectivity index (χ3v) is 2.18. The molecule has 13 heavy (non-hydrogen) atoms. The summed E-state index contributed by atoms with van der Waals surface area (Å²) >= 11 is 3.26. The van der Waals surface area contributed by atoms with Gasteiger partial charge in [-0.15, -0.1) is 0 Å². The second kappa shape index (κ2) is 4.67. The molecule has 1 atom stereocenters. The highest BCUT2D eigenvalue weighted by atomic mass is 79.9. The van der Waals surface area contributed by atoms with E-state index in [1.165, 1.54) is 0 Å². The zero-order chi connectivity index (χ0) is 9.84. The molecule has 0 bridgehead atoms. The number of hydrogen-bond donors (Lipinski definition) is 1. The quantitative estimate of drug-likeness (QED) is 0.876. The third-order valence-electron chi connectivity index (χ3n) is 1.68. The molecule has 0 aliphatic rings. The number of halogens is 3. The van der Waals surface area contributed by atoms with Crippen molar-refractivity contribution >= 4 is 15.9 Å². The van der Waals surface area contributed by atoms with Gasteiger partial charge in [0.25, 0.3) is 6.43 Å². The molecule has 0 aliphatic heterocycles. The first kappa shape index (κ1) is 10.6. The predicted molar refractivity (Wildman–Crippen MR) is 51.8 cm³/mol. The standard InChI is InChI=1S/C9H10BrF2N/c10-7-3-1-2-6(4-7)5-8(13)9(11)12/h1-4,8-9H,5,13H2. The Kier molecular flexibility index (Phi) is 3.81. The number of benzene rings is 1. The average molecular weight is 250 g/mol. The van der Waals surface area contributed by atoms with E-state index in [2.05, 4.69) is 15.9 Å². The van der Waals surface area contributed by atoms with Crippen molar-refractivity contribution in [1.82, 2.24) is 0 Å². The topological polar surface area (TPSA) is 26.0 Å². The van der Waals surface area contributed by atoms with E-state index in [1.54, 1.807) is 18.2 Å². The van der Waals surface area contributed by atoms with Crippen LogP contribution in [0.15, 0.2) is 28.7 Å². The van der Waals surface area contributed by atoms with Crippen molar-refractivity contribution in [1.29, 1.82) is 0 Å². The van der Waals surface area contributed by atoms with E-state index in [1.807, 2.05) is 6.07 Å². The van der Waals surface area contributed by atoms with Crippen LogP contribution in [0.25, 0.3) is 0 Å². The molecule has 1 rings (SSSR count). The highest BCUT2D eigenvalue weighted by molar-refractivity contribution is 9.10. The molecule has 0 aromatic heterocycles. The first-order valence-corrected chi connectivity index (χ1v) is 4.67. The lowest BCUT2D eigenvalue weighted by Crippen LogP contribution is -2.30. The van der Waals surface area contributed by atoms with Gasteiger partial charge in [0, 0.05) is 4.47 Å². The van der Waals surface area contributed by atoms with Crippen LogP contribution in [-0.2, 0) is 6.42 Å². The van der Waals surface area contributed by atoms with Crippen LogP contribution in [0.5, 0.6) is 0 Å². The lowest BCUT2D eigenvalue weighted by molar-refractivity contribution is 0.116. The SMILES string of the molecule is NC(Cc1cccc(Br)c1)C(F)F. The van der Waals surface area contributed by atoms with Crippen LogP contribution < -0.4 is 5.73 Å². The van der Waals surface area contributed by atoms with Crippen molar-refractivity contribution in [2.45, 2.75) is 18.9 Å². The Labute approximate surface area is 84.1 Å². The second-order valence-electron chi connectivity index (χ2n) is 2.83. The van der Waals surface area contributed by atoms with Crippen molar-refractivity contribution in [3.05, 3.63) is 34.3 Å². The van der Waals surface area contributed by atoms with Crippen molar-refractivity contribution < 1.29 is 8.78 Å². The third kappa shape index (κ3) is 3.40. The molecule has 0 spiro atoms. The van der Waals surface area contributed by atoms with Crippen LogP contribution in [0.2, 0.25) is 0 Å². The molecule has 1 aromatic carbocycles. The maximum absolute atomic E-state index is 12.1. The number of hydrogen-bond acceptors (Lipinski definition) is 1. The number of rotatable bonds is 3. The highest BCUT2D eigenvalue weighted by Gasteiger charge is 2.15. The highest BCUT2D eigenvalue weighted by Crippen LogP contribution is 2.14. The van der Waals surface area contributed by atoms with Gasteiger partial charge >= 0.3 is 0 Å². The first-order chi connectivity index (χ1) is 6.09. The fourth-order valence-electron chi connectivity index (χ4n) is 1.03. The van der Waals surface area contributed by atoms with Crippen LogP contribution in [0, 0.1) is 0 Å². The van der Waals surface area contributed by atoms with E-state index in [0.29, 0.717) is 0 Å². The molecule has 4 heteroatoms. The van der Waals surface area contributed by atoms with Gasteiger partial charge in [-0.3, -0.25) is 0 Å². The maximum atomic E-state index is 12.1. The molecule has 0 aliphatic carbocycles. The largest absolute Gasteiger partial charge is 0.323 e. The fourth-order valence-corrected chi connectivity index (χ4v) is 1.47. The van der Waals surface area contributed by atoms with Gasteiger partial charge in [-0.05, 0) is 24.1 Å². The molecule has 1 unspecified atom stereocenters. The Hall–Kier alpha value is -0.480. The summed E-state index contributed by atoms with van der Waals surface area (Å²) in [6.07, 6.45) is -2.25. The van der Waals surface area contributed by atoms with Crippen LogP contribution in [0.4, 0.5) is 8.78 Å². The van der Waals surface area contributed by atoms with Crippen molar-refractivity contribution in [3.63, 3.8) is 0 Å². The first-order valence-electron chi connectivity index (χ1n) is 3.88. The molecule has 1 aromatic rings. The van der Waals surface area contributed by atoms with Crippen molar-refractivity contribution in [3.8, 4) is 0 Å². The van der Waals surface area contributed by atoms with E-state index >= 15 is 0 Å². The summed E-state index contributed by atoms with van der Waals surface area (Å²) in [5, 5.41) is 0. The Morgan fingerprint density at radius 2 is 2.08 bits per heavy atom. The van der Waals surface area contributed by atoms with Gasteiger partial charge < -0.3 is 5.73 Å². The fraction of sp³-hybridized carbons (Fsp3) is 0.333. The summed E-state index contributed by atoms with van der Waals surface area (Å²) in [7, 11) is 0. The number of alkyl halides is 2. The molecule has 72 valence electrons. The van der Waals surface area contributed by atoms with Crippen molar-refractivity contribution in [2.24, 2.45) is 5.73 Å². The molecule has 2 N–H and O–H groups in total. The Morgan fingerprint density at radius 1 is 1.38 bits per heavy atom. The molecule has 1 nitrogen and oxygen atoms in total. The lowest BCUT2D eigenvalue weighted by Gasteiger charge is -2.09. The van der Waals surface area contributed by atoms with Gasteiger partial charge in [0.2, 0.25) is 0 Å². The van der Waals surface area contributed by atoms with E-state index in [9.17, 15) is 8.78 Å². The molecule has 0 fully saturated rings. The van der Waals surface area contributed by atoms with E-state index in [-0.39, 0.29) is 6.42 Å². The summed E-state index contributed by atoms with van der Waals surface area (Å²) in [4.78, 5) is 0. The summed E-state index contributed by atoms with van der Waals surface area (Å²) in [5.74, 6) is 0. The van der Waals surface area contributed by atoms with Crippen LogP contribution in [0.1, 0.15) is 5.56 Å².